The summed E-state index contributed by atoms with van der Waals surface area (Å²) in [4.78, 5) is 45.4. The summed E-state index contributed by atoms with van der Waals surface area (Å²) >= 11 is 0. The van der Waals surface area contributed by atoms with Crippen LogP contribution in [0, 0.1) is 5.92 Å². The van der Waals surface area contributed by atoms with Crippen LogP contribution in [0.1, 0.15) is 38.7 Å². The van der Waals surface area contributed by atoms with Crippen molar-refractivity contribution in [2.45, 2.75) is 25.6 Å². The quantitative estimate of drug-likeness (QED) is 0.748. The molecule has 0 saturated heterocycles. The SMILES string of the molecule is O=C(ON1C(=O)c2ccccc2C1=O)C1CCc2nc(C(F)(F)F)cn2C1. The minimum atomic E-state index is -4.57. The van der Waals surface area contributed by atoms with Gasteiger partial charge in [-0.2, -0.15) is 13.2 Å². The number of aryl methyl sites for hydroxylation is 1. The van der Waals surface area contributed by atoms with E-state index in [-0.39, 0.29) is 36.3 Å². The van der Waals surface area contributed by atoms with E-state index in [4.69, 9.17) is 4.84 Å². The summed E-state index contributed by atoms with van der Waals surface area (Å²) in [6, 6.07) is 6.05. The molecule has 1 unspecified atom stereocenters. The lowest BCUT2D eigenvalue weighted by atomic mass is 10.00. The zero-order valence-electron chi connectivity index (χ0n) is 13.7. The van der Waals surface area contributed by atoms with Crippen molar-refractivity contribution in [3.05, 3.63) is 53.1 Å². The van der Waals surface area contributed by atoms with Crippen molar-refractivity contribution in [3.8, 4) is 0 Å². The summed E-state index contributed by atoms with van der Waals surface area (Å²) in [5.41, 5.74) is -0.761. The van der Waals surface area contributed by atoms with Crippen LogP contribution in [-0.2, 0) is 28.8 Å². The minimum absolute atomic E-state index is 0.0690. The number of hydrogen-bond donors (Lipinski definition) is 0. The summed E-state index contributed by atoms with van der Waals surface area (Å²) in [6.07, 6.45) is -3.37. The Balaban J connectivity index is 1.48. The number of carbonyl (C=O) groups excluding carboxylic acids is 3. The Labute approximate surface area is 150 Å². The van der Waals surface area contributed by atoms with E-state index in [0.717, 1.165) is 6.20 Å². The largest absolute Gasteiger partial charge is 0.434 e. The molecule has 0 N–H and O–H groups in total. The summed E-state index contributed by atoms with van der Waals surface area (Å²) in [5.74, 6) is -2.91. The number of benzene rings is 1. The van der Waals surface area contributed by atoms with Crippen LogP contribution in [0.2, 0.25) is 0 Å². The Kier molecular flexibility index (Phi) is 3.79. The average molecular weight is 379 g/mol. The van der Waals surface area contributed by atoms with Crippen molar-refractivity contribution in [3.63, 3.8) is 0 Å². The van der Waals surface area contributed by atoms with E-state index in [1.807, 2.05) is 0 Å². The fourth-order valence-corrected chi connectivity index (χ4v) is 3.19. The molecule has 0 radical (unpaired) electrons. The monoisotopic (exact) mass is 379 g/mol. The molecule has 1 atom stereocenters. The van der Waals surface area contributed by atoms with Crippen LogP contribution in [0.25, 0.3) is 0 Å². The Morgan fingerprint density at radius 2 is 1.78 bits per heavy atom. The van der Waals surface area contributed by atoms with Gasteiger partial charge in [0.15, 0.2) is 5.69 Å². The standard InChI is InChI=1S/C17H12F3N3O4/c18-17(19,20)12-8-22-7-9(5-6-13(22)21-12)16(26)27-23-14(24)10-3-1-2-4-11(10)15(23)25/h1-4,8-9H,5-7H2. The molecule has 0 saturated carbocycles. The van der Waals surface area contributed by atoms with Crippen molar-refractivity contribution in [2.24, 2.45) is 5.92 Å². The number of hydrogen-bond acceptors (Lipinski definition) is 5. The lowest BCUT2D eigenvalue weighted by Crippen LogP contribution is -2.37. The first-order valence-electron chi connectivity index (χ1n) is 8.08. The number of carbonyl (C=O) groups is 3. The van der Waals surface area contributed by atoms with Crippen LogP contribution >= 0.6 is 0 Å². The summed E-state index contributed by atoms with van der Waals surface area (Å²) in [6.45, 7) is -0.0690. The Morgan fingerprint density at radius 3 is 2.37 bits per heavy atom. The van der Waals surface area contributed by atoms with E-state index >= 15 is 0 Å². The van der Waals surface area contributed by atoms with Gasteiger partial charge in [-0.1, -0.05) is 17.2 Å². The smallest absolute Gasteiger partial charge is 0.333 e. The van der Waals surface area contributed by atoms with Crippen LogP contribution in [0.5, 0.6) is 0 Å². The second-order valence-electron chi connectivity index (χ2n) is 6.29. The molecule has 1 aromatic heterocycles. The molecule has 2 aliphatic heterocycles. The first-order chi connectivity index (χ1) is 12.8. The van der Waals surface area contributed by atoms with E-state index in [0.29, 0.717) is 5.06 Å². The van der Waals surface area contributed by atoms with Crippen molar-refractivity contribution < 1.29 is 32.4 Å². The number of nitrogens with zero attached hydrogens (tertiary/aromatic N) is 3. The molecule has 0 bridgehead atoms. The van der Waals surface area contributed by atoms with Crippen LogP contribution < -0.4 is 0 Å². The van der Waals surface area contributed by atoms with E-state index in [2.05, 4.69) is 4.98 Å². The molecular weight excluding hydrogens is 367 g/mol. The highest BCUT2D eigenvalue weighted by molar-refractivity contribution is 6.20. The first kappa shape index (κ1) is 17.3. The fraction of sp³-hybridized carbons (Fsp3) is 0.294. The third kappa shape index (κ3) is 2.86. The summed E-state index contributed by atoms with van der Waals surface area (Å²) in [7, 11) is 0. The maximum atomic E-state index is 12.8. The molecule has 3 heterocycles. The van der Waals surface area contributed by atoms with Crippen LogP contribution in [-0.4, -0.2) is 32.4 Å². The van der Waals surface area contributed by atoms with Gasteiger partial charge in [-0.25, -0.2) is 9.78 Å². The number of alkyl halides is 3. The average Bonchev–Trinajstić information content (AvgIpc) is 3.17. The number of rotatable bonds is 2. The van der Waals surface area contributed by atoms with E-state index in [1.54, 1.807) is 12.1 Å². The van der Waals surface area contributed by atoms with Crippen LogP contribution in [0.15, 0.2) is 30.5 Å². The van der Waals surface area contributed by atoms with E-state index in [1.165, 1.54) is 16.7 Å². The number of fused-ring (bicyclic) bond motifs is 2. The molecule has 0 spiro atoms. The number of imidazole rings is 1. The van der Waals surface area contributed by atoms with E-state index in [9.17, 15) is 27.6 Å². The molecule has 7 nitrogen and oxygen atoms in total. The maximum absolute atomic E-state index is 12.8. The topological polar surface area (TPSA) is 81.5 Å². The normalized spacial score (nSPS) is 19.1. The van der Waals surface area contributed by atoms with Crippen LogP contribution in [0.4, 0.5) is 13.2 Å². The second kappa shape index (κ2) is 5.93. The highest BCUT2D eigenvalue weighted by atomic mass is 19.4. The number of aromatic nitrogens is 2. The highest BCUT2D eigenvalue weighted by Crippen LogP contribution is 2.31. The van der Waals surface area contributed by atoms with Gasteiger partial charge in [-0.15, -0.1) is 0 Å². The van der Waals surface area contributed by atoms with Crippen LogP contribution in [0.3, 0.4) is 0 Å². The van der Waals surface area contributed by atoms with Gasteiger partial charge < -0.3 is 9.40 Å². The molecule has 1 aromatic carbocycles. The minimum Gasteiger partial charge on any atom is -0.333 e. The summed E-state index contributed by atoms with van der Waals surface area (Å²) in [5, 5.41) is 0.400. The number of hydroxylamine groups is 2. The molecule has 27 heavy (non-hydrogen) atoms. The summed E-state index contributed by atoms with van der Waals surface area (Å²) < 4.78 is 39.6. The Hall–Kier alpha value is -3.17. The van der Waals surface area contributed by atoms with Gasteiger partial charge in [0.05, 0.1) is 17.0 Å². The molecule has 2 aliphatic rings. The molecular formula is C17H12F3N3O4. The van der Waals surface area contributed by atoms with Crippen molar-refractivity contribution in [1.29, 1.82) is 0 Å². The lowest BCUT2D eigenvalue weighted by molar-refractivity contribution is -0.174. The molecule has 140 valence electrons. The van der Waals surface area contributed by atoms with Gasteiger partial charge in [-0.3, -0.25) is 9.59 Å². The lowest BCUT2D eigenvalue weighted by Gasteiger charge is -2.23. The van der Waals surface area contributed by atoms with E-state index < -0.39 is 35.6 Å². The predicted octanol–water partition coefficient (Wildman–Crippen LogP) is 2.22. The zero-order valence-corrected chi connectivity index (χ0v) is 13.7. The molecule has 4 rings (SSSR count). The van der Waals surface area contributed by atoms with Gasteiger partial charge in [0.2, 0.25) is 0 Å². The van der Waals surface area contributed by atoms with Crippen molar-refractivity contribution in [2.75, 3.05) is 0 Å². The maximum Gasteiger partial charge on any atom is 0.434 e. The number of amides is 2. The van der Waals surface area contributed by atoms with Gasteiger partial charge in [-0.05, 0) is 18.6 Å². The predicted molar refractivity (Wildman–Crippen MR) is 82.1 cm³/mol. The highest BCUT2D eigenvalue weighted by Gasteiger charge is 2.41. The number of halogens is 3. The molecule has 0 aliphatic carbocycles. The second-order valence-corrected chi connectivity index (χ2v) is 6.29. The van der Waals surface area contributed by atoms with Gasteiger partial charge in [0, 0.05) is 19.2 Å². The van der Waals surface area contributed by atoms with Gasteiger partial charge >= 0.3 is 12.1 Å². The van der Waals surface area contributed by atoms with Crippen molar-refractivity contribution >= 4 is 17.8 Å². The molecule has 10 heteroatoms. The third-order valence-corrected chi connectivity index (χ3v) is 4.55. The van der Waals surface area contributed by atoms with Crippen molar-refractivity contribution in [1.82, 2.24) is 14.6 Å². The number of imide groups is 1. The Morgan fingerprint density at radius 1 is 1.15 bits per heavy atom. The first-order valence-corrected chi connectivity index (χ1v) is 8.08. The molecule has 2 aromatic rings. The molecule has 0 fully saturated rings. The third-order valence-electron chi connectivity index (χ3n) is 4.55. The zero-order chi connectivity index (χ0) is 19.3. The van der Waals surface area contributed by atoms with Gasteiger partial charge in [0.25, 0.3) is 11.8 Å². The fourth-order valence-electron chi connectivity index (χ4n) is 3.19. The van der Waals surface area contributed by atoms with Gasteiger partial charge in [0.1, 0.15) is 5.82 Å². The Bertz CT molecular complexity index is 932. The molecule has 2 amide bonds.